The summed E-state index contributed by atoms with van der Waals surface area (Å²) in [6.07, 6.45) is 2.78. The quantitative estimate of drug-likeness (QED) is 0.552. The van der Waals surface area contributed by atoms with E-state index in [1.54, 1.807) is 0 Å². The summed E-state index contributed by atoms with van der Waals surface area (Å²) in [5.41, 5.74) is 0. The summed E-state index contributed by atoms with van der Waals surface area (Å²) < 4.78 is 0. The molecular weight excluding hydrogens is 112 g/mol. The van der Waals surface area contributed by atoms with Crippen LogP contribution in [0.2, 0.25) is 0 Å². The first-order valence-corrected chi connectivity index (χ1v) is 3.77. The molecule has 0 atom stereocenters. The second kappa shape index (κ2) is 7.92. The molecule has 1 rings (SSSR count). The molecule has 2 heteroatoms. The molecule has 1 aliphatic rings. The van der Waals surface area contributed by atoms with Gasteiger partial charge >= 0.3 is 0 Å². The van der Waals surface area contributed by atoms with Gasteiger partial charge in [-0.05, 0) is 39.5 Å². The molecule has 9 heavy (non-hydrogen) atoms. The van der Waals surface area contributed by atoms with E-state index >= 15 is 0 Å². The molecule has 0 aromatic carbocycles. The van der Waals surface area contributed by atoms with E-state index in [1.165, 1.54) is 25.9 Å². The van der Waals surface area contributed by atoms with Gasteiger partial charge in [0.25, 0.3) is 0 Å². The fraction of sp³-hybridized carbons (Fsp3) is 1.00. The average molecular weight is 132 g/mol. The molecule has 58 valence electrons. The highest BCUT2D eigenvalue weighted by Crippen LogP contribution is 1.90. The van der Waals surface area contributed by atoms with Gasteiger partial charge in [0.05, 0.1) is 0 Å². The lowest BCUT2D eigenvalue weighted by molar-refractivity contribution is 0.857. The normalized spacial score (nSPS) is 16.7. The van der Waals surface area contributed by atoms with E-state index in [2.05, 4.69) is 17.6 Å². The Balaban J connectivity index is 0. The van der Waals surface area contributed by atoms with Gasteiger partial charge in [0, 0.05) is 1.43 Å². The lowest BCUT2D eigenvalue weighted by Crippen LogP contribution is -2.03. The van der Waals surface area contributed by atoms with Crippen molar-refractivity contribution in [3.05, 3.63) is 0 Å². The third kappa shape index (κ3) is 7.92. The van der Waals surface area contributed by atoms with Crippen LogP contribution < -0.4 is 10.6 Å². The number of hydrogen-bond acceptors (Lipinski definition) is 2. The molecule has 0 amide bonds. The third-order valence-electron chi connectivity index (χ3n) is 1.31. The van der Waals surface area contributed by atoms with Gasteiger partial charge in [-0.1, -0.05) is 6.92 Å². The van der Waals surface area contributed by atoms with Crippen LogP contribution in [0.4, 0.5) is 0 Å². The minimum Gasteiger partial charge on any atom is -0.320 e. The summed E-state index contributed by atoms with van der Waals surface area (Å²) >= 11 is 0. The van der Waals surface area contributed by atoms with Crippen LogP contribution in [0.15, 0.2) is 0 Å². The SMILES string of the molecule is C1CCNC1.CCNC.[HH]. The molecule has 0 aliphatic carbocycles. The van der Waals surface area contributed by atoms with Crippen LogP contribution in [-0.4, -0.2) is 26.7 Å². The average Bonchev–Trinajstić information content (AvgIpc) is 2.43. The molecule has 1 fully saturated rings. The van der Waals surface area contributed by atoms with Crippen molar-refractivity contribution in [2.45, 2.75) is 19.8 Å². The minimum atomic E-state index is 0. The number of nitrogens with one attached hydrogen (secondary N) is 2. The fourth-order valence-electron chi connectivity index (χ4n) is 0.625. The highest BCUT2D eigenvalue weighted by molar-refractivity contribution is 4.55. The Morgan fingerprint density at radius 2 is 1.89 bits per heavy atom. The van der Waals surface area contributed by atoms with E-state index in [9.17, 15) is 0 Å². The van der Waals surface area contributed by atoms with Gasteiger partial charge in [-0.3, -0.25) is 0 Å². The van der Waals surface area contributed by atoms with Crippen molar-refractivity contribution >= 4 is 0 Å². The zero-order chi connectivity index (χ0) is 6.95. The van der Waals surface area contributed by atoms with Crippen molar-refractivity contribution in [1.29, 1.82) is 0 Å². The lowest BCUT2D eigenvalue weighted by atomic mass is 10.4. The van der Waals surface area contributed by atoms with Gasteiger partial charge in [0.1, 0.15) is 0 Å². The molecule has 2 nitrogen and oxygen atoms in total. The van der Waals surface area contributed by atoms with Crippen molar-refractivity contribution in [2.75, 3.05) is 26.7 Å². The van der Waals surface area contributed by atoms with E-state index < -0.39 is 0 Å². The topological polar surface area (TPSA) is 24.1 Å². The molecule has 2 N–H and O–H groups in total. The first kappa shape index (κ1) is 8.92. The Hall–Kier alpha value is -0.0800. The molecule has 0 spiro atoms. The van der Waals surface area contributed by atoms with Crippen LogP contribution in [0.25, 0.3) is 0 Å². The molecule has 0 bridgehead atoms. The minimum absolute atomic E-state index is 0. The van der Waals surface area contributed by atoms with Gasteiger partial charge in [-0.15, -0.1) is 0 Å². The van der Waals surface area contributed by atoms with Gasteiger partial charge in [-0.25, -0.2) is 0 Å². The summed E-state index contributed by atoms with van der Waals surface area (Å²) in [7, 11) is 1.93. The maximum atomic E-state index is 3.22. The summed E-state index contributed by atoms with van der Waals surface area (Å²) in [5, 5.41) is 6.15. The van der Waals surface area contributed by atoms with E-state index in [0.29, 0.717) is 0 Å². The van der Waals surface area contributed by atoms with Crippen LogP contribution in [-0.2, 0) is 0 Å². The second-order valence-electron chi connectivity index (χ2n) is 2.16. The van der Waals surface area contributed by atoms with Crippen LogP contribution >= 0.6 is 0 Å². The molecule has 1 aliphatic heterocycles. The molecule has 1 saturated heterocycles. The van der Waals surface area contributed by atoms with E-state index in [-0.39, 0.29) is 1.43 Å². The van der Waals surface area contributed by atoms with Crippen molar-refractivity contribution in [3.63, 3.8) is 0 Å². The summed E-state index contributed by atoms with van der Waals surface area (Å²) in [6, 6.07) is 0. The van der Waals surface area contributed by atoms with Crippen LogP contribution in [0, 0.1) is 0 Å². The monoisotopic (exact) mass is 132 g/mol. The highest BCUT2D eigenvalue weighted by Gasteiger charge is 1.93. The summed E-state index contributed by atoms with van der Waals surface area (Å²) in [5.74, 6) is 0. The van der Waals surface area contributed by atoms with E-state index in [1.807, 2.05) is 7.05 Å². The van der Waals surface area contributed by atoms with Gasteiger partial charge in [0.15, 0.2) is 0 Å². The predicted octanol–water partition coefficient (Wildman–Crippen LogP) is 0.841. The van der Waals surface area contributed by atoms with Crippen LogP contribution in [0.3, 0.4) is 0 Å². The molecule has 0 aromatic rings. The lowest BCUT2D eigenvalue weighted by Gasteiger charge is -1.76. The Kier molecular flexibility index (Phi) is 7.85. The Labute approximate surface area is 59.5 Å². The van der Waals surface area contributed by atoms with Gasteiger partial charge < -0.3 is 10.6 Å². The maximum absolute atomic E-state index is 3.22. The maximum Gasteiger partial charge on any atom is 0 e. The molecule has 0 aromatic heterocycles. The third-order valence-corrected chi connectivity index (χ3v) is 1.31. The van der Waals surface area contributed by atoms with E-state index in [4.69, 9.17) is 0 Å². The first-order chi connectivity index (χ1) is 4.41. The Bertz CT molecular complexity index is 37.3. The molecular formula is C7H20N2. The van der Waals surface area contributed by atoms with Crippen molar-refractivity contribution in [1.82, 2.24) is 10.6 Å². The van der Waals surface area contributed by atoms with E-state index in [0.717, 1.165) is 6.54 Å². The van der Waals surface area contributed by atoms with Crippen LogP contribution in [0.5, 0.6) is 0 Å². The fourth-order valence-corrected chi connectivity index (χ4v) is 0.625. The molecule has 0 radical (unpaired) electrons. The van der Waals surface area contributed by atoms with Crippen molar-refractivity contribution in [2.24, 2.45) is 0 Å². The number of rotatable bonds is 1. The predicted molar refractivity (Wildman–Crippen MR) is 43.8 cm³/mol. The van der Waals surface area contributed by atoms with Crippen molar-refractivity contribution < 1.29 is 1.43 Å². The zero-order valence-electron chi connectivity index (χ0n) is 6.54. The molecule has 0 saturated carbocycles. The molecule has 1 heterocycles. The largest absolute Gasteiger partial charge is 0.320 e. The molecule has 0 unspecified atom stereocenters. The van der Waals surface area contributed by atoms with Crippen molar-refractivity contribution in [3.8, 4) is 0 Å². The van der Waals surface area contributed by atoms with Gasteiger partial charge in [-0.2, -0.15) is 0 Å². The Morgan fingerprint density at radius 3 is 2.00 bits per heavy atom. The first-order valence-electron chi connectivity index (χ1n) is 3.77. The second-order valence-corrected chi connectivity index (χ2v) is 2.16. The van der Waals surface area contributed by atoms with Gasteiger partial charge in [0.2, 0.25) is 0 Å². The standard InChI is InChI=1S/C4H9N.C3H9N.H2/c1-2-4-5-3-1;1-3-4-2;/h5H,1-4H2;4H,3H2,1-2H3;1H. The Morgan fingerprint density at radius 1 is 1.44 bits per heavy atom. The zero-order valence-corrected chi connectivity index (χ0v) is 6.54. The van der Waals surface area contributed by atoms with Crippen LogP contribution in [0.1, 0.15) is 21.2 Å². The summed E-state index contributed by atoms with van der Waals surface area (Å²) in [6.45, 7) is 5.64. The highest BCUT2D eigenvalue weighted by atomic mass is 14.9. The number of hydrogen-bond donors (Lipinski definition) is 2. The smallest absolute Gasteiger partial charge is 0 e. The summed E-state index contributed by atoms with van der Waals surface area (Å²) in [4.78, 5) is 0.